The first kappa shape index (κ1) is 34.7. The fourth-order valence-corrected chi connectivity index (χ4v) is 4.26. The van der Waals surface area contributed by atoms with Crippen molar-refractivity contribution < 1.29 is 14.8 Å². The third-order valence-corrected chi connectivity index (χ3v) is 10.7. The molecule has 0 aromatic carbocycles. The predicted octanol–water partition coefficient (Wildman–Crippen LogP) is 10.5. The summed E-state index contributed by atoms with van der Waals surface area (Å²) in [7, 11) is 0. The minimum atomic E-state index is -2.14. The van der Waals surface area contributed by atoms with Crippen LogP contribution in [0.2, 0.25) is 0 Å². The van der Waals surface area contributed by atoms with Crippen molar-refractivity contribution in [3.05, 3.63) is 23.7 Å². The van der Waals surface area contributed by atoms with Crippen LogP contribution in [0.15, 0.2) is 23.7 Å². The van der Waals surface area contributed by atoms with Crippen LogP contribution in [0.5, 0.6) is 0 Å². The molecule has 0 rings (SSSR count). The first-order valence-electron chi connectivity index (χ1n) is 6.79. The van der Waals surface area contributed by atoms with E-state index >= 15 is 0 Å². The van der Waals surface area contributed by atoms with E-state index in [0.717, 1.165) is 0 Å². The molecule has 0 radical (unpaired) electrons. The van der Waals surface area contributed by atoms with E-state index in [2.05, 4.69) is 14.8 Å². The topological polar surface area (TPSA) is 27.7 Å². The smallest absolute Gasteiger partial charge is 0.175 e. The number of hydrogen-bond donors (Lipinski definition) is 0. The third-order valence-electron chi connectivity index (χ3n) is 2.94. The summed E-state index contributed by atoms with van der Waals surface area (Å²) in [6.07, 6.45) is 1.31. The Hall–Kier alpha value is 3.68. The molecule has 0 unspecified atom stereocenters. The molecule has 0 aromatic heterocycles. The Balaban J connectivity index is 5.80. The highest BCUT2D eigenvalue weighted by molar-refractivity contribution is 6.67. The average Bonchev–Trinajstić information content (AvgIpc) is 2.59. The summed E-state index contributed by atoms with van der Waals surface area (Å²) < 4.78 is -8.57. The van der Waals surface area contributed by atoms with Gasteiger partial charge in [0, 0.05) is 16.2 Å². The molecule has 0 saturated carbocycles. The summed E-state index contributed by atoms with van der Waals surface area (Å²) in [6, 6.07) is 0. The van der Waals surface area contributed by atoms with E-state index in [-0.39, 0.29) is 0 Å². The molecule has 0 atom stereocenters. The Morgan fingerprint density at radius 2 is 0.645 bits per heavy atom. The van der Waals surface area contributed by atoms with Gasteiger partial charge in [0.2, 0.25) is 0 Å². The van der Waals surface area contributed by atoms with Crippen molar-refractivity contribution in [2.45, 2.75) is 36.7 Å². The molecule has 0 aliphatic heterocycles. The highest BCUT2D eigenvalue weighted by Crippen LogP contribution is 2.52. The molecule has 0 spiro atoms. The van der Waals surface area contributed by atoms with Gasteiger partial charge in [0.15, 0.2) is 17.3 Å². The molecule has 3 nitrogen and oxygen atoms in total. The number of allylic oxidation sites excluding steroid dienone is 2. The van der Waals surface area contributed by atoms with Crippen LogP contribution in [0.1, 0.15) is 0 Å². The van der Waals surface area contributed by atoms with Crippen LogP contribution >= 0.6 is 186 Å². The maximum atomic E-state index is 6.05. The third kappa shape index (κ3) is 9.49. The largest absolute Gasteiger partial charge is 0.307 e. The van der Waals surface area contributed by atoms with E-state index in [1.165, 1.54) is 0 Å². The van der Waals surface area contributed by atoms with Crippen molar-refractivity contribution in [3.63, 3.8) is 0 Å². The Bertz CT molecular complexity index is 544. The summed E-state index contributed by atoms with van der Waals surface area (Å²) in [4.78, 5) is 3.42. The Labute approximate surface area is 257 Å². The van der Waals surface area contributed by atoms with Crippen molar-refractivity contribution in [1.29, 1.82) is 0 Å². The second-order valence-corrected chi connectivity index (χ2v) is 14.9. The van der Waals surface area contributed by atoms with E-state index in [1.807, 2.05) is 0 Å². The van der Waals surface area contributed by atoms with Gasteiger partial charge in [-0.05, 0) is 0 Å². The van der Waals surface area contributed by atoms with Crippen LogP contribution in [0.25, 0.3) is 0 Å². The fourth-order valence-electron chi connectivity index (χ4n) is 1.39. The van der Waals surface area contributed by atoms with Gasteiger partial charge in [-0.2, -0.15) is 0 Å². The van der Waals surface area contributed by atoms with Crippen LogP contribution in [0, 0.1) is 0 Å². The van der Waals surface area contributed by atoms with Crippen molar-refractivity contribution >= 4 is 186 Å². The van der Waals surface area contributed by atoms with Crippen LogP contribution in [-0.4, -0.2) is 36.7 Å². The Morgan fingerprint density at radius 3 is 0.806 bits per heavy atom. The van der Waals surface area contributed by atoms with Gasteiger partial charge in [0.1, 0.15) is 31.9 Å². The lowest BCUT2D eigenvalue weighted by Crippen LogP contribution is -2.39. The molecule has 0 amide bonds. The molecule has 0 aromatic rings. The van der Waals surface area contributed by atoms with E-state index < -0.39 is 47.8 Å². The monoisotopic (exact) mass is 758 g/mol. The number of hydrogen-bond acceptors (Lipinski definition) is 3. The molecule has 0 fully saturated rings. The van der Waals surface area contributed by atoms with Crippen LogP contribution in [0.3, 0.4) is 0 Å². The highest BCUT2D eigenvalue weighted by atomic mass is 35.6. The molecule has 0 bridgehead atoms. The zero-order chi connectivity index (χ0) is 25.0. The second-order valence-electron chi connectivity index (χ2n) is 5.02. The van der Waals surface area contributed by atoms with Crippen molar-refractivity contribution in [2.24, 2.45) is 0 Å². The lowest BCUT2D eigenvalue weighted by Gasteiger charge is -2.32. The predicted molar refractivity (Wildman–Crippen MR) is 139 cm³/mol. The molecule has 19 heteroatoms. The van der Waals surface area contributed by atoms with Gasteiger partial charge in [-0.3, -0.25) is 0 Å². The first-order chi connectivity index (χ1) is 13.7. The summed E-state index contributed by atoms with van der Waals surface area (Å²) in [6.45, 7) is 0. The SMILES string of the molecule is ClC(Cl)C(Cl)(Cl)C(=COOOC=C(C(Cl)(Cl)C(Cl)Cl)C(Cl)(Cl)C(Cl)Cl)C(Cl)(Cl)C(Cl)Cl. The Morgan fingerprint density at radius 1 is 0.452 bits per heavy atom. The highest BCUT2D eigenvalue weighted by Gasteiger charge is 2.52. The summed E-state index contributed by atoms with van der Waals surface area (Å²) >= 11 is 94.2. The second kappa shape index (κ2) is 14.0. The zero-order valence-corrected chi connectivity index (χ0v) is 25.8. The van der Waals surface area contributed by atoms with Crippen molar-refractivity contribution in [3.8, 4) is 0 Å². The standard InChI is InChI=1S/C12H6Cl16O3/c13-5(14)9(21,22)3(10(23,24)6(15)16)1-29-31-30-2-4(11(25,26)7(17)18)12(27,28)8(19)20/h1-2,5-8H. The number of halogens is 16. The Kier molecular flexibility index (Phi) is 15.7. The summed E-state index contributed by atoms with van der Waals surface area (Å²) in [5, 5.41) is 4.43. The lowest BCUT2D eigenvalue weighted by molar-refractivity contribution is -0.465. The van der Waals surface area contributed by atoms with E-state index in [4.69, 9.17) is 186 Å². The maximum Gasteiger partial charge on any atom is 0.175 e. The maximum absolute atomic E-state index is 6.05. The molecular formula is C12H6Cl16O3. The fraction of sp³-hybridized carbons (Fsp3) is 0.667. The minimum Gasteiger partial charge on any atom is -0.307 e. The normalized spacial score (nSPS) is 13.8. The number of rotatable bonds is 12. The molecular weight excluding hydrogens is 759 g/mol. The van der Waals surface area contributed by atoms with Crippen LogP contribution in [0.4, 0.5) is 0 Å². The van der Waals surface area contributed by atoms with E-state index in [1.54, 1.807) is 0 Å². The van der Waals surface area contributed by atoms with E-state index in [0.29, 0.717) is 12.5 Å². The van der Waals surface area contributed by atoms with Crippen molar-refractivity contribution in [2.75, 3.05) is 0 Å². The minimum absolute atomic E-state index is 0.430. The van der Waals surface area contributed by atoms with Gasteiger partial charge in [0.25, 0.3) is 0 Å². The molecule has 31 heavy (non-hydrogen) atoms. The molecule has 0 aliphatic carbocycles. The molecule has 0 saturated heterocycles. The van der Waals surface area contributed by atoms with E-state index in [9.17, 15) is 0 Å². The average molecular weight is 765 g/mol. The van der Waals surface area contributed by atoms with Gasteiger partial charge in [-0.1, -0.05) is 92.8 Å². The quantitative estimate of drug-likeness (QED) is 0.0651. The summed E-state index contributed by atoms with van der Waals surface area (Å²) in [5.41, 5.74) is -0.860. The summed E-state index contributed by atoms with van der Waals surface area (Å²) in [5.74, 6) is 0. The first-order valence-corrected chi connectivity index (χ1v) is 13.3. The number of alkyl halides is 16. The molecule has 0 heterocycles. The van der Waals surface area contributed by atoms with Gasteiger partial charge >= 0.3 is 0 Å². The van der Waals surface area contributed by atoms with Gasteiger partial charge in [0.05, 0.1) is 0 Å². The van der Waals surface area contributed by atoms with Crippen LogP contribution in [-0.2, 0) is 14.8 Å². The molecule has 0 aliphatic rings. The lowest BCUT2D eigenvalue weighted by atomic mass is 10.1. The van der Waals surface area contributed by atoms with Crippen LogP contribution < -0.4 is 0 Å². The zero-order valence-electron chi connectivity index (χ0n) is 13.7. The van der Waals surface area contributed by atoms with Gasteiger partial charge < -0.3 is 9.78 Å². The molecule has 184 valence electrons. The van der Waals surface area contributed by atoms with Gasteiger partial charge in [-0.15, -0.1) is 92.8 Å². The molecule has 0 N–H and O–H groups in total. The van der Waals surface area contributed by atoms with Gasteiger partial charge in [-0.25, -0.2) is 0 Å². The van der Waals surface area contributed by atoms with Crippen molar-refractivity contribution in [1.82, 2.24) is 0 Å².